The van der Waals surface area contributed by atoms with Crippen LogP contribution in [-0.4, -0.2) is 22.4 Å². The zero-order valence-corrected chi connectivity index (χ0v) is 12.4. The summed E-state index contributed by atoms with van der Waals surface area (Å²) in [5.41, 5.74) is 0.527. The maximum atomic E-state index is 12.1. The van der Waals surface area contributed by atoms with E-state index >= 15 is 0 Å². The van der Waals surface area contributed by atoms with Crippen LogP contribution in [0.5, 0.6) is 0 Å². The highest BCUT2D eigenvalue weighted by atomic mass is 35.5. The average molecular weight is 282 g/mol. The predicted octanol–water partition coefficient (Wildman–Crippen LogP) is 3.17. The lowest BCUT2D eigenvalue weighted by Crippen LogP contribution is -2.40. The summed E-state index contributed by atoms with van der Waals surface area (Å²) in [6.07, 6.45) is 5.09. The Morgan fingerprint density at radius 2 is 2.21 bits per heavy atom. The summed E-state index contributed by atoms with van der Waals surface area (Å²) in [4.78, 5) is 20.5. The Morgan fingerprint density at radius 3 is 2.74 bits per heavy atom. The van der Waals surface area contributed by atoms with Crippen LogP contribution in [0, 0.1) is 5.41 Å². The second-order valence-electron chi connectivity index (χ2n) is 5.93. The smallest absolute Gasteiger partial charge is 0.271 e. The van der Waals surface area contributed by atoms with Gasteiger partial charge in [-0.15, -0.1) is 0 Å². The van der Waals surface area contributed by atoms with Gasteiger partial charge in [0, 0.05) is 12.5 Å². The first-order valence-corrected chi connectivity index (χ1v) is 7.10. The molecule has 1 aromatic rings. The van der Waals surface area contributed by atoms with Crippen LogP contribution in [0.3, 0.4) is 0 Å². The first kappa shape index (κ1) is 14.3. The Labute approximate surface area is 119 Å². The molecule has 1 aliphatic carbocycles. The molecule has 1 amide bonds. The van der Waals surface area contributed by atoms with Crippen molar-refractivity contribution in [3.63, 3.8) is 0 Å². The van der Waals surface area contributed by atoms with Crippen LogP contribution in [-0.2, 0) is 0 Å². The zero-order valence-electron chi connectivity index (χ0n) is 11.7. The molecule has 4 nitrogen and oxygen atoms in total. The van der Waals surface area contributed by atoms with Gasteiger partial charge in [-0.2, -0.15) is 0 Å². The normalized spacial score (nSPS) is 17.1. The molecule has 0 saturated heterocycles. The Bertz CT molecular complexity index is 484. The van der Waals surface area contributed by atoms with E-state index in [9.17, 15) is 4.79 Å². The first-order valence-electron chi connectivity index (χ1n) is 6.72. The number of nitrogens with zero attached hydrogens (tertiary/aromatic N) is 2. The number of carbonyl (C=O) groups excluding carboxylic acids is 1. The number of aromatic nitrogens is 2. The van der Waals surface area contributed by atoms with Crippen LogP contribution in [0.15, 0.2) is 6.20 Å². The van der Waals surface area contributed by atoms with Crippen LogP contribution < -0.4 is 5.32 Å². The summed E-state index contributed by atoms with van der Waals surface area (Å²) in [7, 11) is 0. The highest BCUT2D eigenvalue weighted by Crippen LogP contribution is 2.39. The number of hydrogen-bond donors (Lipinski definition) is 1. The van der Waals surface area contributed by atoms with Crippen molar-refractivity contribution in [2.45, 2.75) is 46.0 Å². The van der Waals surface area contributed by atoms with Gasteiger partial charge in [-0.3, -0.25) is 4.79 Å². The molecule has 0 unspecified atom stereocenters. The van der Waals surface area contributed by atoms with Gasteiger partial charge in [0.05, 0.1) is 11.2 Å². The van der Waals surface area contributed by atoms with E-state index in [1.807, 2.05) is 13.8 Å². The Hall–Kier alpha value is -1.16. The molecule has 1 aromatic heterocycles. The molecule has 104 valence electrons. The Morgan fingerprint density at radius 1 is 1.53 bits per heavy atom. The molecular weight excluding hydrogens is 262 g/mol. The number of rotatable bonds is 4. The van der Waals surface area contributed by atoms with Crippen molar-refractivity contribution in [2.75, 3.05) is 6.54 Å². The first-order chi connectivity index (χ1) is 8.91. The third kappa shape index (κ3) is 3.24. The molecule has 0 aromatic carbocycles. The molecular formula is C14H20ClN3O. The number of hydrogen-bond acceptors (Lipinski definition) is 3. The van der Waals surface area contributed by atoms with E-state index in [4.69, 9.17) is 11.6 Å². The van der Waals surface area contributed by atoms with Gasteiger partial charge in [-0.1, -0.05) is 38.8 Å². The van der Waals surface area contributed by atoms with Crippen LogP contribution in [0.25, 0.3) is 0 Å². The van der Waals surface area contributed by atoms with Crippen LogP contribution >= 0.6 is 11.6 Å². The van der Waals surface area contributed by atoms with Gasteiger partial charge >= 0.3 is 0 Å². The number of amides is 1. The van der Waals surface area contributed by atoms with Crippen LogP contribution in [0.2, 0.25) is 5.02 Å². The summed E-state index contributed by atoms with van der Waals surface area (Å²) >= 11 is 6.01. The maximum Gasteiger partial charge on any atom is 0.271 e. The standard InChI is InChI=1S/C14H20ClN3O/c1-9(2)12-16-7-10(15)11(18-12)13(19)17-8-14(3)5-4-6-14/h7,9H,4-6,8H2,1-3H3,(H,17,19). The molecule has 0 bridgehead atoms. The van der Waals surface area contributed by atoms with Gasteiger partial charge in [0.15, 0.2) is 0 Å². The van der Waals surface area contributed by atoms with Crippen molar-refractivity contribution in [2.24, 2.45) is 5.41 Å². The SMILES string of the molecule is CC(C)c1ncc(Cl)c(C(=O)NCC2(C)CCC2)n1. The predicted molar refractivity (Wildman–Crippen MR) is 75.4 cm³/mol. The minimum Gasteiger partial charge on any atom is -0.350 e. The molecule has 0 radical (unpaired) electrons. The van der Waals surface area contributed by atoms with Crippen molar-refractivity contribution < 1.29 is 4.79 Å². The summed E-state index contributed by atoms with van der Waals surface area (Å²) in [6, 6.07) is 0. The maximum absolute atomic E-state index is 12.1. The molecule has 1 heterocycles. The van der Waals surface area contributed by atoms with Crippen molar-refractivity contribution in [1.29, 1.82) is 0 Å². The Balaban J connectivity index is 2.07. The average Bonchev–Trinajstić information content (AvgIpc) is 2.34. The topological polar surface area (TPSA) is 54.9 Å². The van der Waals surface area contributed by atoms with Crippen LogP contribution in [0.4, 0.5) is 0 Å². The minimum atomic E-state index is -0.206. The van der Waals surface area contributed by atoms with Gasteiger partial charge in [0.2, 0.25) is 0 Å². The van der Waals surface area contributed by atoms with E-state index in [2.05, 4.69) is 22.2 Å². The fourth-order valence-corrected chi connectivity index (χ4v) is 2.33. The zero-order chi connectivity index (χ0) is 14.0. The van der Waals surface area contributed by atoms with Gasteiger partial charge in [-0.25, -0.2) is 9.97 Å². The fraction of sp³-hybridized carbons (Fsp3) is 0.643. The van der Waals surface area contributed by atoms with E-state index in [1.165, 1.54) is 25.5 Å². The van der Waals surface area contributed by atoms with Crippen molar-refractivity contribution in [3.05, 3.63) is 22.7 Å². The van der Waals surface area contributed by atoms with Crippen molar-refractivity contribution in [1.82, 2.24) is 15.3 Å². The van der Waals surface area contributed by atoms with E-state index in [0.29, 0.717) is 17.4 Å². The second-order valence-corrected chi connectivity index (χ2v) is 6.33. The summed E-state index contributed by atoms with van der Waals surface area (Å²) in [5.74, 6) is 0.611. The largest absolute Gasteiger partial charge is 0.350 e. The van der Waals surface area contributed by atoms with Crippen molar-refractivity contribution in [3.8, 4) is 0 Å². The van der Waals surface area contributed by atoms with Crippen LogP contribution in [0.1, 0.15) is 62.3 Å². The van der Waals surface area contributed by atoms with Gasteiger partial charge in [0.25, 0.3) is 5.91 Å². The monoisotopic (exact) mass is 281 g/mol. The van der Waals surface area contributed by atoms with E-state index in [1.54, 1.807) is 0 Å². The van der Waals surface area contributed by atoms with Gasteiger partial charge in [0.1, 0.15) is 11.5 Å². The van der Waals surface area contributed by atoms with E-state index in [0.717, 1.165) is 0 Å². The molecule has 1 fully saturated rings. The lowest BCUT2D eigenvalue weighted by atomic mass is 9.70. The summed E-state index contributed by atoms with van der Waals surface area (Å²) < 4.78 is 0. The highest BCUT2D eigenvalue weighted by Gasteiger charge is 2.32. The molecule has 0 aliphatic heterocycles. The second kappa shape index (κ2) is 5.45. The molecule has 0 atom stereocenters. The Kier molecular flexibility index (Phi) is 4.09. The van der Waals surface area contributed by atoms with Gasteiger partial charge < -0.3 is 5.32 Å². The third-order valence-electron chi connectivity index (χ3n) is 3.73. The number of halogens is 1. The number of carbonyl (C=O) groups is 1. The molecule has 1 aliphatic rings. The highest BCUT2D eigenvalue weighted by molar-refractivity contribution is 6.33. The molecule has 1 N–H and O–H groups in total. The molecule has 1 saturated carbocycles. The molecule has 0 spiro atoms. The van der Waals surface area contributed by atoms with E-state index in [-0.39, 0.29) is 22.9 Å². The van der Waals surface area contributed by atoms with Gasteiger partial charge in [-0.05, 0) is 18.3 Å². The lowest BCUT2D eigenvalue weighted by Gasteiger charge is -2.38. The molecule has 5 heteroatoms. The van der Waals surface area contributed by atoms with Crippen molar-refractivity contribution >= 4 is 17.5 Å². The number of nitrogens with one attached hydrogen (secondary N) is 1. The lowest BCUT2D eigenvalue weighted by molar-refractivity contribution is 0.0885. The molecule has 19 heavy (non-hydrogen) atoms. The third-order valence-corrected chi connectivity index (χ3v) is 4.01. The summed E-state index contributed by atoms with van der Waals surface area (Å²) in [5, 5.41) is 3.24. The molecule has 2 rings (SSSR count). The summed E-state index contributed by atoms with van der Waals surface area (Å²) in [6.45, 7) is 6.85. The quantitative estimate of drug-likeness (QED) is 0.922. The van der Waals surface area contributed by atoms with E-state index < -0.39 is 0 Å². The fourth-order valence-electron chi connectivity index (χ4n) is 2.15. The minimum absolute atomic E-state index is 0.174.